The Morgan fingerprint density at radius 1 is 1.50 bits per heavy atom. The molecule has 0 radical (unpaired) electrons. The Hall–Kier alpha value is -1.55. The van der Waals surface area contributed by atoms with Crippen molar-refractivity contribution in [3.63, 3.8) is 0 Å². The second-order valence-electron chi connectivity index (χ2n) is 4.81. The molecule has 1 aromatic carbocycles. The number of benzene rings is 1. The molecule has 2 N–H and O–H groups in total. The van der Waals surface area contributed by atoms with Gasteiger partial charge in [0, 0.05) is 19.2 Å². The number of amides is 1. The fourth-order valence-corrected chi connectivity index (χ4v) is 2.70. The number of nitrogens with two attached hydrogens (primary N) is 1. The van der Waals surface area contributed by atoms with Gasteiger partial charge in [-0.3, -0.25) is 4.79 Å². The van der Waals surface area contributed by atoms with Gasteiger partial charge in [0.2, 0.25) is 5.91 Å². The number of anilines is 1. The molecule has 0 spiro atoms. The summed E-state index contributed by atoms with van der Waals surface area (Å²) in [5, 5.41) is 0. The van der Waals surface area contributed by atoms with Crippen LogP contribution in [0, 0.1) is 6.92 Å². The van der Waals surface area contributed by atoms with Crippen LogP contribution in [0.4, 0.5) is 5.69 Å². The van der Waals surface area contributed by atoms with Crippen LogP contribution in [0.1, 0.15) is 29.9 Å². The van der Waals surface area contributed by atoms with Crippen LogP contribution in [-0.4, -0.2) is 26.6 Å². The molecule has 2 rings (SSSR count). The Labute approximate surface area is 108 Å². The third-order valence-electron chi connectivity index (χ3n) is 3.62. The number of fused-ring (bicyclic) bond motifs is 1. The van der Waals surface area contributed by atoms with Crippen LogP contribution >= 0.6 is 0 Å². The molecule has 0 saturated heterocycles. The van der Waals surface area contributed by atoms with Crippen molar-refractivity contribution < 1.29 is 9.53 Å². The van der Waals surface area contributed by atoms with Crippen molar-refractivity contribution >= 4 is 11.6 Å². The van der Waals surface area contributed by atoms with E-state index in [2.05, 4.69) is 0 Å². The summed E-state index contributed by atoms with van der Waals surface area (Å²) < 4.78 is 5.31. The van der Waals surface area contributed by atoms with Crippen molar-refractivity contribution in [1.29, 1.82) is 0 Å². The van der Waals surface area contributed by atoms with Crippen LogP contribution in [0.3, 0.4) is 0 Å². The normalized spacial score (nSPS) is 18.8. The Balaban J connectivity index is 2.55. The van der Waals surface area contributed by atoms with Crippen molar-refractivity contribution in [2.45, 2.75) is 25.7 Å². The fourth-order valence-electron chi connectivity index (χ4n) is 2.70. The summed E-state index contributed by atoms with van der Waals surface area (Å²) in [6, 6.07) is 4.00. The molecule has 18 heavy (non-hydrogen) atoms. The van der Waals surface area contributed by atoms with Crippen LogP contribution < -0.4 is 15.4 Å². The minimum absolute atomic E-state index is 0.161. The number of carbonyl (C=O) groups is 1. The Kier molecular flexibility index (Phi) is 3.57. The predicted molar refractivity (Wildman–Crippen MR) is 72.2 cm³/mol. The van der Waals surface area contributed by atoms with Crippen molar-refractivity contribution in [2.75, 3.05) is 25.6 Å². The molecule has 4 heteroatoms. The number of hydrogen-bond acceptors (Lipinski definition) is 3. The van der Waals surface area contributed by atoms with E-state index in [1.165, 1.54) is 5.56 Å². The lowest BCUT2D eigenvalue weighted by atomic mass is 9.85. The smallest absolute Gasteiger partial charge is 0.227 e. The van der Waals surface area contributed by atoms with E-state index in [-0.39, 0.29) is 11.8 Å². The summed E-state index contributed by atoms with van der Waals surface area (Å²) >= 11 is 0. The first-order chi connectivity index (χ1) is 8.58. The molecule has 1 amide bonds. The minimum Gasteiger partial charge on any atom is -0.497 e. The van der Waals surface area contributed by atoms with Gasteiger partial charge >= 0.3 is 0 Å². The SMILES string of the molecule is COc1cc(C)c2c(c1)C(CCN)CC(=O)N2C. The molecule has 1 atom stereocenters. The van der Waals surface area contributed by atoms with Gasteiger partial charge in [0.1, 0.15) is 5.75 Å². The van der Waals surface area contributed by atoms with E-state index < -0.39 is 0 Å². The minimum atomic E-state index is 0.161. The summed E-state index contributed by atoms with van der Waals surface area (Å²) in [5.74, 6) is 1.22. The number of hydrogen-bond donors (Lipinski definition) is 1. The highest BCUT2D eigenvalue weighted by atomic mass is 16.5. The lowest BCUT2D eigenvalue weighted by Crippen LogP contribution is -2.34. The Morgan fingerprint density at radius 3 is 2.83 bits per heavy atom. The third-order valence-corrected chi connectivity index (χ3v) is 3.62. The number of ether oxygens (including phenoxy) is 1. The maximum Gasteiger partial charge on any atom is 0.227 e. The Morgan fingerprint density at radius 2 is 2.22 bits per heavy atom. The van der Waals surface area contributed by atoms with Gasteiger partial charge in [-0.15, -0.1) is 0 Å². The molecular weight excluding hydrogens is 228 g/mol. The fraction of sp³-hybridized carbons (Fsp3) is 0.500. The van der Waals surface area contributed by atoms with Gasteiger partial charge in [-0.05, 0) is 49.1 Å². The van der Waals surface area contributed by atoms with Crippen molar-refractivity contribution in [3.05, 3.63) is 23.3 Å². The van der Waals surface area contributed by atoms with E-state index in [4.69, 9.17) is 10.5 Å². The third kappa shape index (κ3) is 2.08. The van der Waals surface area contributed by atoms with Gasteiger partial charge in [0.25, 0.3) is 0 Å². The second kappa shape index (κ2) is 4.98. The number of nitrogens with zero attached hydrogens (tertiary/aromatic N) is 1. The average Bonchev–Trinajstić information content (AvgIpc) is 2.35. The number of aryl methyl sites for hydroxylation is 1. The highest BCUT2D eigenvalue weighted by molar-refractivity contribution is 5.97. The van der Waals surface area contributed by atoms with Crippen LogP contribution in [-0.2, 0) is 4.79 Å². The van der Waals surface area contributed by atoms with Gasteiger partial charge in [-0.2, -0.15) is 0 Å². The number of methoxy groups -OCH3 is 1. The second-order valence-corrected chi connectivity index (χ2v) is 4.81. The van der Waals surface area contributed by atoms with Gasteiger partial charge in [-0.25, -0.2) is 0 Å². The standard InChI is InChI=1S/C14H20N2O2/c1-9-6-11(18-3)8-12-10(4-5-15)7-13(17)16(2)14(9)12/h6,8,10H,4-5,7,15H2,1-3H3. The molecule has 1 unspecified atom stereocenters. The first-order valence-electron chi connectivity index (χ1n) is 6.23. The number of carbonyl (C=O) groups excluding carboxylic acids is 1. The van der Waals surface area contributed by atoms with Crippen molar-refractivity contribution in [1.82, 2.24) is 0 Å². The molecular formula is C14H20N2O2. The molecule has 0 saturated carbocycles. The summed E-state index contributed by atoms with van der Waals surface area (Å²) in [4.78, 5) is 13.7. The van der Waals surface area contributed by atoms with Crippen molar-refractivity contribution in [3.8, 4) is 5.75 Å². The van der Waals surface area contributed by atoms with E-state index in [9.17, 15) is 4.79 Å². The molecule has 1 aromatic rings. The monoisotopic (exact) mass is 248 g/mol. The Bertz CT molecular complexity index is 471. The lowest BCUT2D eigenvalue weighted by molar-refractivity contribution is -0.119. The first kappa shape index (κ1) is 12.9. The van der Waals surface area contributed by atoms with E-state index in [1.54, 1.807) is 12.0 Å². The van der Waals surface area contributed by atoms with Gasteiger partial charge in [0.05, 0.1) is 7.11 Å². The van der Waals surface area contributed by atoms with Crippen LogP contribution in [0.5, 0.6) is 5.75 Å². The largest absolute Gasteiger partial charge is 0.497 e. The average molecular weight is 248 g/mol. The zero-order valence-electron chi connectivity index (χ0n) is 11.2. The molecule has 98 valence electrons. The molecule has 0 aliphatic carbocycles. The quantitative estimate of drug-likeness (QED) is 0.887. The molecule has 4 nitrogen and oxygen atoms in total. The first-order valence-corrected chi connectivity index (χ1v) is 6.23. The maximum absolute atomic E-state index is 12.0. The molecule has 0 fully saturated rings. The van der Waals surface area contributed by atoms with E-state index in [0.717, 1.165) is 23.4 Å². The predicted octanol–water partition coefficient (Wildman–Crippen LogP) is 1.80. The van der Waals surface area contributed by atoms with E-state index in [0.29, 0.717) is 13.0 Å². The molecule has 0 bridgehead atoms. The van der Waals surface area contributed by atoms with Crippen LogP contribution in [0.15, 0.2) is 12.1 Å². The van der Waals surface area contributed by atoms with Gasteiger partial charge in [0.15, 0.2) is 0 Å². The number of rotatable bonds is 3. The summed E-state index contributed by atoms with van der Waals surface area (Å²) in [7, 11) is 3.50. The van der Waals surface area contributed by atoms with E-state index in [1.807, 2.05) is 26.1 Å². The zero-order chi connectivity index (χ0) is 13.3. The van der Waals surface area contributed by atoms with E-state index >= 15 is 0 Å². The van der Waals surface area contributed by atoms with Gasteiger partial charge in [-0.1, -0.05) is 0 Å². The molecule has 1 aliphatic rings. The van der Waals surface area contributed by atoms with Crippen LogP contribution in [0.2, 0.25) is 0 Å². The molecule has 0 aromatic heterocycles. The highest BCUT2D eigenvalue weighted by Crippen LogP contribution is 2.41. The van der Waals surface area contributed by atoms with Gasteiger partial charge < -0.3 is 15.4 Å². The molecule has 1 aliphatic heterocycles. The molecule has 1 heterocycles. The highest BCUT2D eigenvalue weighted by Gasteiger charge is 2.30. The summed E-state index contributed by atoms with van der Waals surface area (Å²) in [6.07, 6.45) is 1.37. The maximum atomic E-state index is 12.0. The summed E-state index contributed by atoms with van der Waals surface area (Å²) in [5.41, 5.74) is 8.92. The zero-order valence-corrected chi connectivity index (χ0v) is 11.2. The van der Waals surface area contributed by atoms with Crippen molar-refractivity contribution in [2.24, 2.45) is 5.73 Å². The summed E-state index contributed by atoms with van der Waals surface area (Å²) in [6.45, 7) is 2.60. The lowest BCUT2D eigenvalue weighted by Gasteiger charge is -2.33. The topological polar surface area (TPSA) is 55.6 Å². The van der Waals surface area contributed by atoms with Crippen LogP contribution in [0.25, 0.3) is 0 Å².